The number of pyridine rings is 1. The number of nitrogens with zero attached hydrogens (tertiary/aromatic N) is 4. The molecular weight excluding hydrogens is 364 g/mol. The van der Waals surface area contributed by atoms with Gasteiger partial charge in [0, 0.05) is 25.9 Å². The fourth-order valence-electron chi connectivity index (χ4n) is 5.32. The summed E-state index contributed by atoms with van der Waals surface area (Å²) in [5.74, 6) is 1.27. The van der Waals surface area contributed by atoms with Gasteiger partial charge in [0.15, 0.2) is 5.60 Å². The molecule has 0 unspecified atom stereocenters. The minimum absolute atomic E-state index is 0.0752. The van der Waals surface area contributed by atoms with Crippen molar-refractivity contribution < 1.29 is 9.53 Å². The summed E-state index contributed by atoms with van der Waals surface area (Å²) in [5, 5.41) is 4.46. The lowest BCUT2D eigenvalue weighted by Gasteiger charge is -2.38. The smallest absolute Gasteiger partial charge is 0.257 e. The maximum absolute atomic E-state index is 13.5. The monoisotopic (exact) mass is 388 g/mol. The Balaban J connectivity index is 1.23. The van der Waals surface area contributed by atoms with E-state index in [1.54, 1.807) is 0 Å². The van der Waals surface area contributed by atoms with Gasteiger partial charge in [0.25, 0.3) is 5.91 Å². The molecule has 3 fully saturated rings. The van der Waals surface area contributed by atoms with Crippen molar-refractivity contribution in [1.82, 2.24) is 14.5 Å². The molecule has 3 saturated heterocycles. The summed E-state index contributed by atoms with van der Waals surface area (Å²) in [6, 6.07) is 18.7. The zero-order valence-corrected chi connectivity index (χ0v) is 16.3. The molecular formula is C23H24N4O2. The molecule has 0 aliphatic carbocycles. The van der Waals surface area contributed by atoms with E-state index < -0.39 is 5.60 Å². The van der Waals surface area contributed by atoms with Crippen LogP contribution < -0.4 is 4.90 Å². The van der Waals surface area contributed by atoms with Crippen molar-refractivity contribution in [2.75, 3.05) is 18.0 Å². The molecule has 1 amide bonds. The Morgan fingerprint density at radius 3 is 2.62 bits per heavy atom. The van der Waals surface area contributed by atoms with Crippen LogP contribution in [0, 0.1) is 0 Å². The number of carbonyl (C=O) groups is 1. The predicted octanol–water partition coefficient (Wildman–Crippen LogP) is 3.39. The first-order chi connectivity index (χ1) is 14.3. The SMILES string of the molecule is O=C1N2[C@@H](CC[C@H]2c2ccccc2)OC12CCN(c1cccc3ccnn13)CC2. The van der Waals surface area contributed by atoms with Gasteiger partial charge >= 0.3 is 0 Å². The molecule has 1 aromatic carbocycles. The minimum Gasteiger partial charge on any atom is -0.356 e. The van der Waals surface area contributed by atoms with Crippen molar-refractivity contribution in [2.24, 2.45) is 0 Å². The van der Waals surface area contributed by atoms with E-state index >= 15 is 0 Å². The van der Waals surface area contributed by atoms with Crippen LogP contribution in [0.15, 0.2) is 60.8 Å². The first-order valence-electron chi connectivity index (χ1n) is 10.5. The number of carbonyl (C=O) groups excluding carboxylic acids is 1. The van der Waals surface area contributed by atoms with Crippen molar-refractivity contribution >= 4 is 17.2 Å². The van der Waals surface area contributed by atoms with Crippen LogP contribution in [-0.4, -0.2) is 45.3 Å². The van der Waals surface area contributed by atoms with Crippen LogP contribution in [0.25, 0.3) is 5.52 Å². The molecule has 0 saturated carbocycles. The molecule has 3 aromatic rings. The van der Waals surface area contributed by atoms with Gasteiger partial charge in [-0.1, -0.05) is 36.4 Å². The highest BCUT2D eigenvalue weighted by molar-refractivity contribution is 5.88. The quantitative estimate of drug-likeness (QED) is 0.675. The zero-order chi connectivity index (χ0) is 19.4. The van der Waals surface area contributed by atoms with Crippen LogP contribution in [0.3, 0.4) is 0 Å². The van der Waals surface area contributed by atoms with E-state index in [9.17, 15) is 4.79 Å². The second-order valence-corrected chi connectivity index (χ2v) is 8.32. The summed E-state index contributed by atoms with van der Waals surface area (Å²) in [5.41, 5.74) is 1.64. The fourth-order valence-corrected chi connectivity index (χ4v) is 5.32. The molecule has 0 N–H and O–H groups in total. The molecule has 2 atom stereocenters. The normalized spacial score (nSPS) is 25.9. The number of hydrogen-bond donors (Lipinski definition) is 0. The van der Waals surface area contributed by atoms with Crippen LogP contribution in [-0.2, 0) is 9.53 Å². The molecule has 3 aliphatic heterocycles. The summed E-state index contributed by atoms with van der Waals surface area (Å²) in [6.45, 7) is 1.59. The van der Waals surface area contributed by atoms with E-state index in [1.807, 2.05) is 39.9 Å². The molecule has 0 bridgehead atoms. The fraction of sp³-hybridized carbons (Fsp3) is 0.391. The third-order valence-electron chi connectivity index (χ3n) is 6.80. The molecule has 5 heterocycles. The van der Waals surface area contributed by atoms with Crippen molar-refractivity contribution in [3.63, 3.8) is 0 Å². The average Bonchev–Trinajstić information content (AvgIpc) is 3.46. The number of hydrogen-bond acceptors (Lipinski definition) is 4. The highest BCUT2D eigenvalue weighted by Gasteiger charge is 2.57. The lowest BCUT2D eigenvalue weighted by molar-refractivity contribution is -0.140. The summed E-state index contributed by atoms with van der Waals surface area (Å²) in [4.78, 5) is 17.9. The Hall–Kier alpha value is -2.86. The number of piperidine rings is 1. The van der Waals surface area contributed by atoms with E-state index in [1.165, 1.54) is 5.56 Å². The predicted molar refractivity (Wildman–Crippen MR) is 110 cm³/mol. The van der Waals surface area contributed by atoms with Crippen molar-refractivity contribution in [3.8, 4) is 0 Å². The van der Waals surface area contributed by atoms with Crippen molar-refractivity contribution in [2.45, 2.75) is 43.6 Å². The van der Waals surface area contributed by atoms with Gasteiger partial charge in [-0.3, -0.25) is 4.79 Å². The zero-order valence-electron chi connectivity index (χ0n) is 16.3. The highest BCUT2D eigenvalue weighted by Crippen LogP contribution is 2.47. The van der Waals surface area contributed by atoms with Crippen molar-refractivity contribution in [3.05, 3.63) is 66.4 Å². The maximum atomic E-state index is 13.5. The Morgan fingerprint density at radius 1 is 0.966 bits per heavy atom. The third-order valence-corrected chi connectivity index (χ3v) is 6.80. The Bertz CT molecular complexity index is 1050. The van der Waals surface area contributed by atoms with E-state index in [0.29, 0.717) is 0 Å². The number of amides is 1. The van der Waals surface area contributed by atoms with Gasteiger partial charge in [0.1, 0.15) is 12.0 Å². The van der Waals surface area contributed by atoms with Gasteiger partial charge in [-0.25, -0.2) is 4.52 Å². The minimum atomic E-state index is -0.660. The highest BCUT2D eigenvalue weighted by atomic mass is 16.6. The number of fused-ring (bicyclic) bond motifs is 2. The van der Waals surface area contributed by atoms with E-state index in [0.717, 1.165) is 50.1 Å². The summed E-state index contributed by atoms with van der Waals surface area (Å²) in [7, 11) is 0. The molecule has 6 heteroatoms. The average molecular weight is 388 g/mol. The molecule has 29 heavy (non-hydrogen) atoms. The number of ether oxygens (including phenoxy) is 1. The molecule has 6 nitrogen and oxygen atoms in total. The van der Waals surface area contributed by atoms with Gasteiger partial charge in [-0.2, -0.15) is 5.10 Å². The Labute approximate surface area is 169 Å². The van der Waals surface area contributed by atoms with Gasteiger partial charge in [0.05, 0.1) is 17.8 Å². The molecule has 6 rings (SSSR count). The molecule has 2 aromatic heterocycles. The molecule has 148 valence electrons. The number of benzene rings is 1. The number of aromatic nitrogens is 2. The molecule has 3 aliphatic rings. The summed E-state index contributed by atoms with van der Waals surface area (Å²) >= 11 is 0. The van der Waals surface area contributed by atoms with E-state index in [-0.39, 0.29) is 18.2 Å². The first-order valence-corrected chi connectivity index (χ1v) is 10.5. The van der Waals surface area contributed by atoms with Crippen LogP contribution in [0.2, 0.25) is 0 Å². The van der Waals surface area contributed by atoms with Gasteiger partial charge in [0.2, 0.25) is 0 Å². The van der Waals surface area contributed by atoms with Gasteiger partial charge in [-0.05, 0) is 36.6 Å². The molecule has 1 spiro atoms. The summed E-state index contributed by atoms with van der Waals surface area (Å²) in [6.07, 6.45) is 5.09. The van der Waals surface area contributed by atoms with E-state index in [2.05, 4.69) is 40.3 Å². The van der Waals surface area contributed by atoms with Crippen LogP contribution in [0.5, 0.6) is 0 Å². The second kappa shape index (κ2) is 6.32. The lowest BCUT2D eigenvalue weighted by atomic mass is 9.89. The first kappa shape index (κ1) is 17.0. The lowest BCUT2D eigenvalue weighted by Crippen LogP contribution is -2.50. The summed E-state index contributed by atoms with van der Waals surface area (Å²) < 4.78 is 8.43. The Kier molecular flexibility index (Phi) is 3.71. The topological polar surface area (TPSA) is 50.1 Å². The maximum Gasteiger partial charge on any atom is 0.257 e. The third kappa shape index (κ3) is 2.52. The van der Waals surface area contributed by atoms with Gasteiger partial charge in [-0.15, -0.1) is 0 Å². The van der Waals surface area contributed by atoms with Crippen LogP contribution in [0.4, 0.5) is 5.82 Å². The van der Waals surface area contributed by atoms with Crippen molar-refractivity contribution in [1.29, 1.82) is 0 Å². The molecule has 0 radical (unpaired) electrons. The van der Waals surface area contributed by atoms with Crippen LogP contribution in [0.1, 0.15) is 37.3 Å². The van der Waals surface area contributed by atoms with Crippen LogP contribution >= 0.6 is 0 Å². The number of anilines is 1. The van der Waals surface area contributed by atoms with Gasteiger partial charge < -0.3 is 14.5 Å². The standard InChI is InChI=1S/C23H24N4O2/c28-22-23(29-21-10-9-19(26(21)22)17-5-2-1-3-6-17)12-15-25(16-13-23)20-8-4-7-18-11-14-24-27(18)20/h1-8,11,14,19,21H,9-10,12-13,15-16H2/t19-,21+/m0/s1. The second-order valence-electron chi connectivity index (χ2n) is 8.32. The number of rotatable bonds is 2. The van der Waals surface area contributed by atoms with E-state index in [4.69, 9.17) is 4.74 Å². The largest absolute Gasteiger partial charge is 0.356 e. The Morgan fingerprint density at radius 2 is 1.79 bits per heavy atom.